The molecule has 0 fully saturated rings. The first-order valence-electron chi connectivity index (χ1n) is 7.62. The molecule has 8 heteroatoms. The maximum atomic E-state index is 12.7. The number of benzene rings is 1. The number of fused-ring (bicyclic) bond motifs is 1. The highest BCUT2D eigenvalue weighted by molar-refractivity contribution is 9.10. The van der Waals surface area contributed by atoms with Gasteiger partial charge in [0.25, 0.3) is 0 Å². The molecule has 0 unspecified atom stereocenters. The van der Waals surface area contributed by atoms with Gasteiger partial charge in [-0.1, -0.05) is 17.2 Å². The molecule has 3 rings (SSSR count). The zero-order valence-electron chi connectivity index (χ0n) is 13.7. The van der Waals surface area contributed by atoms with Crippen molar-refractivity contribution in [2.75, 3.05) is 13.7 Å². The lowest BCUT2D eigenvalue weighted by Crippen LogP contribution is -2.36. The fourth-order valence-electron chi connectivity index (χ4n) is 2.49. The normalized spacial score (nSPS) is 10.8. The highest BCUT2D eigenvalue weighted by Crippen LogP contribution is 2.21. The number of rotatable bonds is 5. The predicted molar refractivity (Wildman–Crippen MR) is 90.6 cm³/mol. The van der Waals surface area contributed by atoms with Gasteiger partial charge in [-0.3, -0.25) is 0 Å². The molecule has 0 saturated carbocycles. The van der Waals surface area contributed by atoms with Gasteiger partial charge in [0.05, 0.1) is 25.5 Å². The molecule has 0 aliphatic heterocycles. The van der Waals surface area contributed by atoms with Crippen molar-refractivity contribution in [1.29, 1.82) is 0 Å². The summed E-state index contributed by atoms with van der Waals surface area (Å²) in [5.41, 5.74) is 1.18. The Balaban J connectivity index is 2.05. The number of imidazole rings is 1. The Kier molecular flexibility index (Phi) is 4.89. The number of carbonyl (C=O) groups excluding carboxylic acids is 1. The smallest absolute Gasteiger partial charge is 0.339 e. The number of nitrogens with zero attached hydrogens (tertiary/aromatic N) is 3. The van der Waals surface area contributed by atoms with E-state index in [1.165, 1.54) is 10.7 Å². The molecule has 0 radical (unpaired) electrons. The third-order valence-corrected chi connectivity index (χ3v) is 4.35. The minimum atomic E-state index is -0.671. The maximum absolute atomic E-state index is 12.7. The lowest BCUT2D eigenvalue weighted by atomic mass is 10.2. The molecule has 130 valence electrons. The summed E-state index contributed by atoms with van der Waals surface area (Å²) in [5, 5.41) is 16.9. The van der Waals surface area contributed by atoms with Crippen molar-refractivity contribution in [3.63, 3.8) is 0 Å². The predicted octanol–water partition coefficient (Wildman–Crippen LogP) is 1.69. The molecule has 0 atom stereocenters. The van der Waals surface area contributed by atoms with Crippen molar-refractivity contribution in [3.8, 4) is 11.5 Å². The van der Waals surface area contributed by atoms with Crippen LogP contribution < -0.4 is 14.4 Å². The van der Waals surface area contributed by atoms with Crippen LogP contribution in [0.2, 0.25) is 0 Å². The first kappa shape index (κ1) is 17.2. The van der Waals surface area contributed by atoms with E-state index in [0.29, 0.717) is 11.1 Å². The quantitative estimate of drug-likeness (QED) is 0.476. The largest absolute Gasteiger partial charge is 0.866 e. The van der Waals surface area contributed by atoms with Gasteiger partial charge < -0.3 is 14.6 Å². The SMILES string of the molecule is CCOC(=O)c1cnn2cc(Br)[n+](Cc3ccc(OC)cc3)c2c1[O-]. The van der Waals surface area contributed by atoms with Crippen molar-refractivity contribution in [3.05, 3.63) is 52.4 Å². The molecule has 0 N–H and O–H groups in total. The molecule has 0 aliphatic rings. The second kappa shape index (κ2) is 7.10. The van der Waals surface area contributed by atoms with E-state index in [2.05, 4.69) is 21.0 Å². The zero-order chi connectivity index (χ0) is 18.0. The number of ether oxygens (including phenoxy) is 2. The number of methoxy groups -OCH3 is 1. The minimum Gasteiger partial charge on any atom is -0.866 e. The molecule has 2 heterocycles. The molecule has 0 aliphatic carbocycles. The van der Waals surface area contributed by atoms with Crippen LogP contribution in [0.3, 0.4) is 0 Å². The van der Waals surface area contributed by atoms with Gasteiger partial charge in [0.1, 0.15) is 12.3 Å². The topological polar surface area (TPSA) is 79.8 Å². The lowest BCUT2D eigenvalue weighted by Gasteiger charge is -2.11. The first-order valence-corrected chi connectivity index (χ1v) is 8.41. The molecule has 0 amide bonds. The van der Waals surface area contributed by atoms with Crippen LogP contribution in [-0.4, -0.2) is 29.3 Å². The first-order chi connectivity index (χ1) is 12.0. The van der Waals surface area contributed by atoms with Crippen molar-refractivity contribution in [2.24, 2.45) is 0 Å². The molecule has 0 spiro atoms. The van der Waals surface area contributed by atoms with Crippen LogP contribution in [0.1, 0.15) is 22.8 Å². The Morgan fingerprint density at radius 1 is 1.36 bits per heavy atom. The number of esters is 1. The van der Waals surface area contributed by atoms with Gasteiger partial charge in [-0.25, -0.2) is 9.36 Å². The van der Waals surface area contributed by atoms with E-state index in [1.54, 1.807) is 24.8 Å². The Hall–Kier alpha value is -2.61. The van der Waals surface area contributed by atoms with E-state index in [1.807, 2.05) is 24.3 Å². The number of halogens is 1. The lowest BCUT2D eigenvalue weighted by molar-refractivity contribution is -0.674. The van der Waals surface area contributed by atoms with Crippen molar-refractivity contribution >= 4 is 27.5 Å². The van der Waals surface area contributed by atoms with Crippen molar-refractivity contribution in [1.82, 2.24) is 9.61 Å². The highest BCUT2D eigenvalue weighted by Gasteiger charge is 2.22. The number of hydrogen-bond donors (Lipinski definition) is 0. The summed E-state index contributed by atoms with van der Waals surface area (Å²) in [6.07, 6.45) is 2.91. The summed E-state index contributed by atoms with van der Waals surface area (Å²) in [6.45, 7) is 2.32. The van der Waals surface area contributed by atoms with Gasteiger partial charge in [-0.2, -0.15) is 0 Å². The number of carbonyl (C=O) groups is 1. The molecule has 3 aromatic rings. The highest BCUT2D eigenvalue weighted by atomic mass is 79.9. The fraction of sp³-hybridized carbons (Fsp3) is 0.235. The van der Waals surface area contributed by atoms with Gasteiger partial charge in [0.15, 0.2) is 6.20 Å². The summed E-state index contributed by atoms with van der Waals surface area (Å²) in [7, 11) is 1.61. The van der Waals surface area contributed by atoms with Crippen LogP contribution in [0.15, 0.2) is 41.3 Å². The Morgan fingerprint density at radius 2 is 2.08 bits per heavy atom. The van der Waals surface area contributed by atoms with E-state index >= 15 is 0 Å². The standard InChI is InChI=1S/C17H16BrN3O4/c1-3-25-17(23)13-8-19-21-10-14(18)20(16(21)15(13)22)9-11-4-6-12(24-2)7-5-11/h4-8,10H,3,9H2,1-2H3. The molecular formula is C17H16BrN3O4. The van der Waals surface area contributed by atoms with Crippen LogP contribution in [0, 0.1) is 0 Å². The maximum Gasteiger partial charge on any atom is 0.339 e. The fourth-order valence-corrected chi connectivity index (χ4v) is 2.98. The molecular weight excluding hydrogens is 390 g/mol. The van der Waals surface area contributed by atoms with Gasteiger partial charge >= 0.3 is 11.6 Å². The zero-order valence-corrected chi connectivity index (χ0v) is 15.3. The van der Waals surface area contributed by atoms with Crippen LogP contribution in [0.4, 0.5) is 0 Å². The van der Waals surface area contributed by atoms with Gasteiger partial charge in [0.2, 0.25) is 4.60 Å². The van der Waals surface area contributed by atoms with Gasteiger partial charge in [-0.15, -0.1) is 4.52 Å². The minimum absolute atomic E-state index is 0.0802. The van der Waals surface area contributed by atoms with E-state index in [0.717, 1.165) is 11.3 Å². The average molecular weight is 406 g/mol. The molecule has 7 nitrogen and oxygen atoms in total. The van der Waals surface area contributed by atoms with Gasteiger partial charge in [0, 0.05) is 21.7 Å². The van der Waals surface area contributed by atoms with Gasteiger partial charge in [-0.05, 0) is 24.6 Å². The van der Waals surface area contributed by atoms with E-state index in [4.69, 9.17) is 9.47 Å². The van der Waals surface area contributed by atoms with Crippen LogP contribution in [0.5, 0.6) is 11.5 Å². The second-order valence-electron chi connectivity index (χ2n) is 5.26. The summed E-state index contributed by atoms with van der Waals surface area (Å²) in [4.78, 5) is 11.9. The number of aromatic nitrogens is 3. The van der Waals surface area contributed by atoms with E-state index in [9.17, 15) is 9.90 Å². The monoisotopic (exact) mass is 405 g/mol. The molecule has 1 aromatic carbocycles. The number of hydrogen-bond acceptors (Lipinski definition) is 5. The summed E-state index contributed by atoms with van der Waals surface area (Å²) >= 11 is 3.44. The third kappa shape index (κ3) is 3.30. The molecule has 25 heavy (non-hydrogen) atoms. The van der Waals surface area contributed by atoms with E-state index < -0.39 is 11.7 Å². The van der Waals surface area contributed by atoms with Crippen LogP contribution in [-0.2, 0) is 11.3 Å². The summed E-state index contributed by atoms with van der Waals surface area (Å²) < 4.78 is 13.9. The van der Waals surface area contributed by atoms with Crippen LogP contribution >= 0.6 is 15.9 Å². The van der Waals surface area contributed by atoms with Crippen molar-refractivity contribution < 1.29 is 23.9 Å². The summed E-state index contributed by atoms with van der Waals surface area (Å²) in [6, 6.07) is 7.52. The Labute approximate surface area is 152 Å². The van der Waals surface area contributed by atoms with Crippen LogP contribution in [0.25, 0.3) is 5.65 Å². The molecule has 0 bridgehead atoms. The van der Waals surface area contributed by atoms with E-state index in [-0.39, 0.29) is 17.8 Å². The summed E-state index contributed by atoms with van der Waals surface area (Å²) in [5.74, 6) is -0.339. The molecule has 2 aromatic heterocycles. The second-order valence-corrected chi connectivity index (χ2v) is 6.07. The Bertz CT molecular complexity index is 922. The average Bonchev–Trinajstić information content (AvgIpc) is 2.92. The Morgan fingerprint density at radius 3 is 2.72 bits per heavy atom. The van der Waals surface area contributed by atoms with Crippen molar-refractivity contribution in [2.45, 2.75) is 13.5 Å². The third-order valence-electron chi connectivity index (χ3n) is 3.71. The molecule has 0 saturated heterocycles.